The molecule has 2 heterocycles. The largest absolute Gasteiger partial charge is 0.444 e. The maximum atomic E-state index is 13.3. The quantitative estimate of drug-likeness (QED) is 0.530. The third-order valence-electron chi connectivity index (χ3n) is 5.53. The van der Waals surface area contributed by atoms with Crippen molar-refractivity contribution >= 4 is 29.1 Å². The van der Waals surface area contributed by atoms with Crippen molar-refractivity contribution in [2.45, 2.75) is 51.7 Å². The Hall–Kier alpha value is -3.61. The first-order valence-electron chi connectivity index (χ1n) is 11.3. The molecular formula is C26H30N4O3. The number of alkyl carbamates (subject to hydrolysis) is 1. The van der Waals surface area contributed by atoms with E-state index in [4.69, 9.17) is 4.74 Å². The topological polar surface area (TPSA) is 96.1 Å². The van der Waals surface area contributed by atoms with Gasteiger partial charge in [0.1, 0.15) is 11.2 Å². The lowest BCUT2D eigenvalue weighted by Crippen LogP contribution is -2.46. The van der Waals surface area contributed by atoms with E-state index in [1.807, 2.05) is 69.4 Å². The number of pyridine rings is 1. The van der Waals surface area contributed by atoms with Gasteiger partial charge in [-0.1, -0.05) is 30.3 Å². The van der Waals surface area contributed by atoms with Gasteiger partial charge in [0.15, 0.2) is 0 Å². The van der Waals surface area contributed by atoms with Crippen molar-refractivity contribution in [3.05, 3.63) is 71.1 Å². The predicted octanol–water partition coefficient (Wildman–Crippen LogP) is 4.14. The van der Waals surface area contributed by atoms with E-state index in [0.29, 0.717) is 18.4 Å². The van der Waals surface area contributed by atoms with Crippen LogP contribution in [0.25, 0.3) is 17.1 Å². The van der Waals surface area contributed by atoms with E-state index >= 15 is 0 Å². The zero-order valence-electron chi connectivity index (χ0n) is 19.3. The van der Waals surface area contributed by atoms with Gasteiger partial charge in [0.2, 0.25) is 5.91 Å². The molecular weight excluding hydrogens is 416 g/mol. The summed E-state index contributed by atoms with van der Waals surface area (Å²) in [6.45, 7) is 5.72. The molecule has 0 spiro atoms. The highest BCUT2D eigenvalue weighted by Crippen LogP contribution is 2.29. The molecule has 33 heavy (non-hydrogen) atoms. The van der Waals surface area contributed by atoms with Crippen LogP contribution in [0, 0.1) is 0 Å². The fourth-order valence-electron chi connectivity index (χ4n) is 4.05. The second-order valence-corrected chi connectivity index (χ2v) is 9.35. The highest BCUT2D eigenvalue weighted by molar-refractivity contribution is 6.02. The van der Waals surface area contributed by atoms with E-state index in [1.165, 1.54) is 5.56 Å². The fourth-order valence-corrected chi connectivity index (χ4v) is 4.05. The zero-order chi connectivity index (χ0) is 23.4. The smallest absolute Gasteiger partial charge is 0.407 e. The summed E-state index contributed by atoms with van der Waals surface area (Å²) in [5.41, 5.74) is 4.20. The lowest BCUT2D eigenvalue weighted by atomic mass is 10.0. The summed E-state index contributed by atoms with van der Waals surface area (Å²) in [6.07, 6.45) is 7.12. The monoisotopic (exact) mass is 446 g/mol. The Kier molecular flexibility index (Phi) is 6.49. The molecule has 4 rings (SSSR count). The van der Waals surface area contributed by atoms with Crippen molar-refractivity contribution in [3.63, 3.8) is 0 Å². The summed E-state index contributed by atoms with van der Waals surface area (Å²) in [5, 5.41) is 7.00. The van der Waals surface area contributed by atoms with Gasteiger partial charge >= 0.3 is 6.09 Å². The number of carbonyl (C=O) groups excluding carboxylic acids is 2. The summed E-state index contributed by atoms with van der Waals surface area (Å²) in [6, 6.07) is 11.6. The van der Waals surface area contributed by atoms with Crippen molar-refractivity contribution in [3.8, 4) is 0 Å². The van der Waals surface area contributed by atoms with E-state index in [2.05, 4.69) is 20.6 Å². The average molecular weight is 447 g/mol. The van der Waals surface area contributed by atoms with E-state index in [-0.39, 0.29) is 18.5 Å². The van der Waals surface area contributed by atoms with Crippen molar-refractivity contribution in [2.24, 2.45) is 0 Å². The van der Waals surface area contributed by atoms with Crippen LogP contribution in [0.2, 0.25) is 0 Å². The molecule has 2 aromatic heterocycles. The molecule has 0 saturated heterocycles. The first kappa shape index (κ1) is 22.6. The minimum absolute atomic E-state index is 0.128. The van der Waals surface area contributed by atoms with Crippen LogP contribution in [0.3, 0.4) is 0 Å². The molecule has 0 bridgehead atoms. The lowest BCUT2D eigenvalue weighted by Gasteiger charge is -2.23. The van der Waals surface area contributed by atoms with E-state index in [1.54, 1.807) is 6.20 Å². The van der Waals surface area contributed by atoms with Crippen LogP contribution in [0.1, 0.15) is 43.9 Å². The number of aryl methyl sites for hydroxylation is 1. The number of nitrogens with zero attached hydrogens (tertiary/aromatic N) is 1. The summed E-state index contributed by atoms with van der Waals surface area (Å²) < 4.78 is 5.35. The van der Waals surface area contributed by atoms with Gasteiger partial charge in [-0.15, -0.1) is 0 Å². The molecule has 0 saturated carbocycles. The number of rotatable bonds is 6. The van der Waals surface area contributed by atoms with Crippen LogP contribution < -0.4 is 10.6 Å². The normalized spacial score (nSPS) is 14.2. The van der Waals surface area contributed by atoms with Crippen LogP contribution in [0.5, 0.6) is 0 Å². The first-order chi connectivity index (χ1) is 15.8. The molecule has 172 valence electrons. The van der Waals surface area contributed by atoms with E-state index in [9.17, 15) is 9.59 Å². The van der Waals surface area contributed by atoms with Crippen molar-refractivity contribution in [1.82, 2.24) is 20.6 Å². The molecule has 7 nitrogen and oxygen atoms in total. The fraction of sp³-hybridized carbons (Fsp3) is 0.346. The summed E-state index contributed by atoms with van der Waals surface area (Å²) in [7, 11) is 0. The number of hydrogen-bond acceptors (Lipinski definition) is 4. The Morgan fingerprint density at radius 3 is 2.70 bits per heavy atom. The Morgan fingerprint density at radius 1 is 1.15 bits per heavy atom. The van der Waals surface area contributed by atoms with Gasteiger partial charge in [-0.2, -0.15) is 0 Å². The van der Waals surface area contributed by atoms with Crippen LogP contribution >= 0.6 is 0 Å². The van der Waals surface area contributed by atoms with Crippen molar-refractivity contribution in [1.29, 1.82) is 0 Å². The molecule has 1 atom stereocenters. The number of hydrogen-bond donors (Lipinski definition) is 3. The van der Waals surface area contributed by atoms with Gasteiger partial charge in [0.05, 0.1) is 6.04 Å². The predicted molar refractivity (Wildman–Crippen MR) is 129 cm³/mol. The van der Waals surface area contributed by atoms with E-state index in [0.717, 1.165) is 28.6 Å². The molecule has 1 aliphatic rings. The summed E-state index contributed by atoms with van der Waals surface area (Å²) >= 11 is 0. The van der Waals surface area contributed by atoms with Crippen LogP contribution in [-0.4, -0.2) is 40.2 Å². The first-order valence-corrected chi connectivity index (χ1v) is 11.3. The maximum Gasteiger partial charge on any atom is 0.407 e. The Bertz CT molecular complexity index is 1180. The Morgan fingerprint density at radius 2 is 1.94 bits per heavy atom. The van der Waals surface area contributed by atoms with Crippen LogP contribution in [-0.2, 0) is 22.4 Å². The molecule has 0 radical (unpaired) electrons. The summed E-state index contributed by atoms with van der Waals surface area (Å²) in [5.74, 6) is -0.128. The molecule has 2 amide bonds. The number of amides is 2. The van der Waals surface area contributed by atoms with Crippen molar-refractivity contribution < 1.29 is 14.3 Å². The highest BCUT2D eigenvalue weighted by atomic mass is 16.6. The van der Waals surface area contributed by atoms with Crippen molar-refractivity contribution in [2.75, 3.05) is 6.54 Å². The van der Waals surface area contributed by atoms with Gasteiger partial charge in [-0.3, -0.25) is 4.79 Å². The lowest BCUT2D eigenvalue weighted by molar-refractivity contribution is -0.118. The minimum Gasteiger partial charge on any atom is -0.444 e. The SMILES string of the molecule is CC(C)(C)OC(=O)NC[C@H](Cc1ccccc1)NC(=O)C1=Cc2c[nH]c3nccc(c23)CC1. The number of aromatic amines is 1. The van der Waals surface area contributed by atoms with Gasteiger partial charge in [0, 0.05) is 35.5 Å². The number of aromatic nitrogens is 2. The molecule has 7 heteroatoms. The molecule has 3 N–H and O–H groups in total. The van der Waals surface area contributed by atoms with E-state index < -0.39 is 11.7 Å². The molecule has 1 aliphatic carbocycles. The Labute approximate surface area is 193 Å². The Balaban J connectivity index is 1.49. The number of ether oxygens (including phenoxy) is 1. The van der Waals surface area contributed by atoms with Gasteiger partial charge in [-0.05, 0) is 63.3 Å². The molecule has 0 unspecified atom stereocenters. The highest BCUT2D eigenvalue weighted by Gasteiger charge is 2.22. The zero-order valence-corrected chi connectivity index (χ0v) is 19.3. The molecule has 3 aromatic rings. The van der Waals surface area contributed by atoms with Gasteiger partial charge < -0.3 is 20.4 Å². The summed E-state index contributed by atoms with van der Waals surface area (Å²) in [4.78, 5) is 33.0. The average Bonchev–Trinajstić information content (AvgIpc) is 3.07. The number of H-pyrrole nitrogens is 1. The second kappa shape index (κ2) is 9.48. The standard InChI is InChI=1S/C26H30N4O3/c1-26(2,3)33-25(32)29-16-21(13-17-7-5-4-6-8-17)30-24(31)19-10-9-18-11-12-27-23-22(18)20(14-19)15-28-23/h4-8,11-12,14-15,21H,9-10,13,16H2,1-3H3,(H,27,28)(H,29,32)(H,30,31)/t21-/m0/s1. The van der Waals surface area contributed by atoms with Gasteiger partial charge in [0.25, 0.3) is 0 Å². The molecule has 0 aliphatic heterocycles. The third-order valence-corrected chi connectivity index (χ3v) is 5.53. The van der Waals surface area contributed by atoms with Gasteiger partial charge in [-0.25, -0.2) is 9.78 Å². The number of benzene rings is 1. The molecule has 0 fully saturated rings. The molecule has 1 aromatic carbocycles. The maximum absolute atomic E-state index is 13.3. The second-order valence-electron chi connectivity index (χ2n) is 9.35. The third kappa shape index (κ3) is 5.80. The van der Waals surface area contributed by atoms with Crippen LogP contribution in [0.4, 0.5) is 4.79 Å². The minimum atomic E-state index is -0.584. The number of carbonyl (C=O) groups is 2. The number of nitrogens with one attached hydrogen (secondary N) is 3. The van der Waals surface area contributed by atoms with Crippen LogP contribution in [0.15, 0.2) is 54.4 Å².